The highest BCUT2D eigenvalue weighted by Crippen LogP contribution is 2.30. The van der Waals surface area contributed by atoms with E-state index in [2.05, 4.69) is 43.3 Å². The van der Waals surface area contributed by atoms with Gasteiger partial charge in [0.15, 0.2) is 0 Å². The van der Waals surface area contributed by atoms with E-state index in [1.54, 1.807) is 6.07 Å². The van der Waals surface area contributed by atoms with Crippen molar-refractivity contribution in [2.24, 2.45) is 0 Å². The molecule has 23 heavy (non-hydrogen) atoms. The van der Waals surface area contributed by atoms with Gasteiger partial charge in [0.05, 0.1) is 5.56 Å². The number of carbonyl (C=O) groups excluding carboxylic acids is 1. The van der Waals surface area contributed by atoms with E-state index >= 15 is 0 Å². The molecule has 2 heterocycles. The average molecular weight is 343 g/mol. The Labute approximate surface area is 139 Å². The molecule has 0 atom stereocenters. The van der Waals surface area contributed by atoms with Gasteiger partial charge in [-0.3, -0.25) is 4.79 Å². The van der Waals surface area contributed by atoms with E-state index in [1.165, 1.54) is 12.3 Å². The molecular formula is C16H23F2N3OS. The number of halogens is 2. The standard InChI is InChI=1S/C16H23F2N3OS/c1-15(2)8-10(9-16(3,4)21-15)20-12(22)11-6-5-7-19-13(11)23-14(17)18/h5-7,10,14,21H,8-9H2,1-4H3,(H,20,22). The lowest BCUT2D eigenvalue weighted by Crippen LogP contribution is -2.62. The molecule has 1 saturated heterocycles. The summed E-state index contributed by atoms with van der Waals surface area (Å²) in [6.07, 6.45) is 2.97. The molecule has 7 heteroatoms. The van der Waals surface area contributed by atoms with Gasteiger partial charge in [0, 0.05) is 23.3 Å². The van der Waals surface area contributed by atoms with Gasteiger partial charge in [0.2, 0.25) is 0 Å². The number of piperidine rings is 1. The van der Waals surface area contributed by atoms with Crippen molar-refractivity contribution in [1.29, 1.82) is 0 Å². The van der Waals surface area contributed by atoms with Crippen LogP contribution >= 0.6 is 11.8 Å². The first-order valence-corrected chi connectivity index (χ1v) is 8.46. The summed E-state index contributed by atoms with van der Waals surface area (Å²) in [5.41, 5.74) is -0.00312. The summed E-state index contributed by atoms with van der Waals surface area (Å²) < 4.78 is 25.2. The first-order chi connectivity index (χ1) is 10.6. The monoisotopic (exact) mass is 343 g/mol. The Morgan fingerprint density at radius 1 is 1.35 bits per heavy atom. The van der Waals surface area contributed by atoms with Crippen molar-refractivity contribution < 1.29 is 13.6 Å². The van der Waals surface area contributed by atoms with Crippen LogP contribution in [0.15, 0.2) is 23.4 Å². The Hall–Kier alpha value is -1.21. The molecule has 0 bridgehead atoms. The van der Waals surface area contributed by atoms with Crippen LogP contribution < -0.4 is 10.6 Å². The minimum atomic E-state index is -2.60. The molecule has 0 unspecified atom stereocenters. The lowest BCUT2D eigenvalue weighted by molar-refractivity contribution is 0.0869. The first-order valence-electron chi connectivity index (χ1n) is 7.58. The van der Waals surface area contributed by atoms with Crippen LogP contribution in [0.4, 0.5) is 8.78 Å². The van der Waals surface area contributed by atoms with E-state index in [0.717, 1.165) is 12.8 Å². The molecule has 0 radical (unpaired) electrons. The summed E-state index contributed by atoms with van der Waals surface area (Å²) in [5.74, 6) is -2.95. The largest absolute Gasteiger partial charge is 0.349 e. The van der Waals surface area contributed by atoms with Crippen molar-refractivity contribution >= 4 is 17.7 Å². The Bertz CT molecular complexity index is 562. The number of hydrogen-bond acceptors (Lipinski definition) is 4. The Balaban J connectivity index is 2.13. The zero-order valence-corrected chi connectivity index (χ0v) is 14.6. The normalized spacial score (nSPS) is 20.5. The quantitative estimate of drug-likeness (QED) is 0.823. The molecule has 4 nitrogen and oxygen atoms in total. The maximum Gasteiger partial charge on any atom is 0.290 e. The van der Waals surface area contributed by atoms with Crippen LogP contribution in [0.5, 0.6) is 0 Å². The average Bonchev–Trinajstić information content (AvgIpc) is 2.34. The number of alkyl halides is 2. The molecule has 2 rings (SSSR count). The summed E-state index contributed by atoms with van der Waals surface area (Å²) in [5, 5.41) is 6.59. The van der Waals surface area contributed by atoms with Crippen LogP contribution in [-0.2, 0) is 0 Å². The van der Waals surface area contributed by atoms with Gasteiger partial charge in [-0.05, 0) is 64.4 Å². The summed E-state index contributed by atoms with van der Waals surface area (Å²) in [6, 6.07) is 3.10. The number of nitrogens with zero attached hydrogens (tertiary/aromatic N) is 1. The molecule has 2 N–H and O–H groups in total. The van der Waals surface area contributed by atoms with E-state index in [0.29, 0.717) is 11.8 Å². The van der Waals surface area contributed by atoms with Crippen LogP contribution in [0.25, 0.3) is 0 Å². The van der Waals surface area contributed by atoms with Crippen LogP contribution in [0.3, 0.4) is 0 Å². The lowest BCUT2D eigenvalue weighted by atomic mass is 9.79. The van der Waals surface area contributed by atoms with E-state index < -0.39 is 5.76 Å². The Kier molecular flexibility index (Phi) is 5.30. The number of amides is 1. The molecule has 0 aromatic carbocycles. The zero-order valence-electron chi connectivity index (χ0n) is 13.8. The van der Waals surface area contributed by atoms with Crippen molar-refractivity contribution in [3.05, 3.63) is 23.9 Å². The minimum absolute atomic E-state index is 0.0154. The SMILES string of the molecule is CC1(C)CC(NC(=O)c2cccnc2SC(F)F)CC(C)(C)N1. The first kappa shape index (κ1) is 18.1. The van der Waals surface area contributed by atoms with Gasteiger partial charge < -0.3 is 10.6 Å². The van der Waals surface area contributed by atoms with Gasteiger partial charge in [-0.15, -0.1) is 0 Å². The highest BCUT2D eigenvalue weighted by molar-refractivity contribution is 7.99. The fourth-order valence-corrected chi connectivity index (χ4v) is 4.01. The van der Waals surface area contributed by atoms with Crippen molar-refractivity contribution in [1.82, 2.24) is 15.6 Å². The van der Waals surface area contributed by atoms with Crippen molar-refractivity contribution in [3.63, 3.8) is 0 Å². The number of carbonyl (C=O) groups is 1. The Morgan fingerprint density at radius 3 is 2.52 bits per heavy atom. The van der Waals surface area contributed by atoms with Gasteiger partial charge in [-0.2, -0.15) is 8.78 Å². The third kappa shape index (κ3) is 5.14. The third-order valence-corrected chi connectivity index (χ3v) is 4.47. The van der Waals surface area contributed by atoms with E-state index in [-0.39, 0.29) is 33.6 Å². The number of thioether (sulfide) groups is 1. The fourth-order valence-electron chi connectivity index (χ4n) is 3.43. The molecule has 1 fully saturated rings. The molecule has 0 aliphatic carbocycles. The van der Waals surface area contributed by atoms with Gasteiger partial charge in [-0.25, -0.2) is 4.98 Å². The number of nitrogens with one attached hydrogen (secondary N) is 2. The molecule has 128 valence electrons. The van der Waals surface area contributed by atoms with E-state index in [1.807, 2.05) is 0 Å². The van der Waals surface area contributed by atoms with Crippen LogP contribution in [-0.4, -0.2) is 33.8 Å². The number of rotatable bonds is 4. The van der Waals surface area contributed by atoms with E-state index in [9.17, 15) is 13.6 Å². The molecule has 1 aliphatic rings. The van der Waals surface area contributed by atoms with E-state index in [4.69, 9.17) is 0 Å². The molecule has 0 spiro atoms. The maximum absolute atomic E-state index is 12.6. The molecular weight excluding hydrogens is 320 g/mol. The summed E-state index contributed by atoms with van der Waals surface area (Å²) in [4.78, 5) is 16.4. The lowest BCUT2D eigenvalue weighted by Gasteiger charge is -2.46. The Morgan fingerprint density at radius 2 is 1.96 bits per heavy atom. The highest BCUT2D eigenvalue weighted by atomic mass is 32.2. The minimum Gasteiger partial charge on any atom is -0.349 e. The van der Waals surface area contributed by atoms with Gasteiger partial charge in [0.1, 0.15) is 5.03 Å². The summed E-state index contributed by atoms with van der Waals surface area (Å²) >= 11 is 0.297. The zero-order chi connectivity index (χ0) is 17.3. The summed E-state index contributed by atoms with van der Waals surface area (Å²) in [6.45, 7) is 8.37. The van der Waals surface area contributed by atoms with Gasteiger partial charge >= 0.3 is 0 Å². The number of hydrogen-bond donors (Lipinski definition) is 2. The third-order valence-electron chi connectivity index (χ3n) is 3.74. The van der Waals surface area contributed by atoms with Crippen molar-refractivity contribution in [3.8, 4) is 0 Å². The van der Waals surface area contributed by atoms with Gasteiger partial charge in [-0.1, -0.05) is 0 Å². The molecule has 1 aliphatic heterocycles. The predicted molar refractivity (Wildman–Crippen MR) is 87.9 cm³/mol. The molecule has 1 aromatic heterocycles. The highest BCUT2D eigenvalue weighted by Gasteiger charge is 2.38. The van der Waals surface area contributed by atoms with Crippen LogP contribution in [0, 0.1) is 0 Å². The second-order valence-electron chi connectivity index (χ2n) is 7.21. The topological polar surface area (TPSA) is 54.0 Å². The van der Waals surface area contributed by atoms with Crippen LogP contribution in [0.2, 0.25) is 0 Å². The molecule has 1 aromatic rings. The molecule has 1 amide bonds. The van der Waals surface area contributed by atoms with Crippen LogP contribution in [0.1, 0.15) is 50.9 Å². The second kappa shape index (κ2) is 6.73. The second-order valence-corrected chi connectivity index (χ2v) is 8.18. The summed E-state index contributed by atoms with van der Waals surface area (Å²) in [7, 11) is 0. The van der Waals surface area contributed by atoms with Crippen molar-refractivity contribution in [2.75, 3.05) is 0 Å². The molecule has 0 saturated carbocycles. The predicted octanol–water partition coefficient (Wildman–Crippen LogP) is 3.44. The number of aromatic nitrogens is 1. The fraction of sp³-hybridized carbons (Fsp3) is 0.625. The van der Waals surface area contributed by atoms with Crippen molar-refractivity contribution in [2.45, 2.75) is 68.4 Å². The maximum atomic E-state index is 12.6. The smallest absolute Gasteiger partial charge is 0.290 e. The number of pyridine rings is 1. The van der Waals surface area contributed by atoms with Gasteiger partial charge in [0.25, 0.3) is 11.7 Å².